The highest BCUT2D eigenvalue weighted by Crippen LogP contribution is 2.30. The van der Waals surface area contributed by atoms with Crippen molar-refractivity contribution in [2.45, 2.75) is 30.1 Å². The quantitative estimate of drug-likeness (QED) is 0.605. The Morgan fingerprint density at radius 1 is 1.10 bits per heavy atom. The Morgan fingerprint density at radius 2 is 1.83 bits per heavy atom. The summed E-state index contributed by atoms with van der Waals surface area (Å²) in [6.45, 7) is 0.723. The maximum Gasteiger partial charge on any atom is 0.243 e. The van der Waals surface area contributed by atoms with Crippen molar-refractivity contribution in [1.82, 2.24) is 14.5 Å². The number of rotatable bonds is 5. The van der Waals surface area contributed by atoms with E-state index in [-0.39, 0.29) is 23.2 Å². The molecule has 152 valence electrons. The third-order valence-electron chi connectivity index (χ3n) is 4.94. The normalized spacial score (nSPS) is 18.1. The second-order valence-corrected chi connectivity index (χ2v) is 9.37. The summed E-state index contributed by atoms with van der Waals surface area (Å²) in [7, 11) is -3.62. The first-order valence-electron chi connectivity index (χ1n) is 9.24. The van der Waals surface area contributed by atoms with Crippen LogP contribution < -0.4 is 0 Å². The fraction of sp³-hybridized carbons (Fsp3) is 0.300. The monoisotopic (exact) mass is 435 g/mol. The summed E-state index contributed by atoms with van der Waals surface area (Å²) in [5.74, 6) is 0.381. The molecule has 2 heterocycles. The molecule has 1 saturated heterocycles. The van der Waals surface area contributed by atoms with Crippen LogP contribution in [0.4, 0.5) is 4.39 Å². The first kappa shape index (κ1) is 20.0. The number of nitrogens with zero attached hydrogens (tertiary/aromatic N) is 3. The van der Waals surface area contributed by atoms with Crippen LogP contribution in [0.3, 0.4) is 0 Å². The van der Waals surface area contributed by atoms with E-state index in [9.17, 15) is 12.8 Å². The summed E-state index contributed by atoms with van der Waals surface area (Å²) in [6.07, 6.45) is 1.87. The third-order valence-corrected chi connectivity index (χ3v) is 7.07. The van der Waals surface area contributed by atoms with Crippen LogP contribution in [-0.2, 0) is 16.4 Å². The molecule has 0 spiro atoms. The topological polar surface area (TPSA) is 76.3 Å². The highest BCUT2D eigenvalue weighted by atomic mass is 35.5. The van der Waals surface area contributed by atoms with Crippen LogP contribution in [0.2, 0.25) is 5.02 Å². The zero-order chi connectivity index (χ0) is 20.4. The van der Waals surface area contributed by atoms with Gasteiger partial charge >= 0.3 is 0 Å². The molecule has 1 aliphatic heterocycles. The first-order chi connectivity index (χ1) is 13.9. The summed E-state index contributed by atoms with van der Waals surface area (Å²) < 4.78 is 46.1. The molecule has 6 nitrogen and oxygen atoms in total. The highest BCUT2D eigenvalue weighted by Gasteiger charge is 2.33. The molecule has 1 atom stereocenters. The first-order valence-corrected chi connectivity index (χ1v) is 11.1. The van der Waals surface area contributed by atoms with Crippen molar-refractivity contribution in [2.75, 3.05) is 13.1 Å². The van der Waals surface area contributed by atoms with Gasteiger partial charge in [0.05, 0.1) is 17.2 Å². The van der Waals surface area contributed by atoms with Gasteiger partial charge in [-0.1, -0.05) is 23.7 Å². The Hall–Kier alpha value is -2.29. The minimum atomic E-state index is -3.62. The van der Waals surface area contributed by atoms with Gasteiger partial charge in [0.25, 0.3) is 0 Å². The zero-order valence-corrected chi connectivity index (χ0v) is 17.0. The smallest absolute Gasteiger partial charge is 0.243 e. The molecule has 9 heteroatoms. The highest BCUT2D eigenvalue weighted by molar-refractivity contribution is 7.89. The Morgan fingerprint density at radius 3 is 2.55 bits per heavy atom. The molecule has 0 N–H and O–H groups in total. The van der Waals surface area contributed by atoms with E-state index >= 15 is 0 Å². The van der Waals surface area contributed by atoms with Crippen molar-refractivity contribution in [2.24, 2.45) is 0 Å². The van der Waals surface area contributed by atoms with Gasteiger partial charge in [-0.15, -0.1) is 10.2 Å². The second-order valence-electron chi connectivity index (χ2n) is 6.99. The molecular formula is C20H19ClFN3O3S. The van der Waals surface area contributed by atoms with Crippen molar-refractivity contribution >= 4 is 21.6 Å². The van der Waals surface area contributed by atoms with Crippen LogP contribution in [0.1, 0.15) is 36.1 Å². The van der Waals surface area contributed by atoms with Crippen molar-refractivity contribution in [3.8, 4) is 0 Å². The lowest BCUT2D eigenvalue weighted by Gasteiger charge is -2.30. The van der Waals surface area contributed by atoms with E-state index in [0.717, 1.165) is 12.0 Å². The predicted molar refractivity (Wildman–Crippen MR) is 106 cm³/mol. The minimum absolute atomic E-state index is 0.166. The van der Waals surface area contributed by atoms with Crippen molar-refractivity contribution in [3.05, 3.63) is 76.7 Å². The summed E-state index contributed by atoms with van der Waals surface area (Å²) in [5, 5.41) is 8.68. The Kier molecular flexibility index (Phi) is 5.67. The van der Waals surface area contributed by atoms with Crippen LogP contribution in [0.25, 0.3) is 0 Å². The second kappa shape index (κ2) is 8.22. The molecule has 0 bridgehead atoms. The van der Waals surface area contributed by atoms with Gasteiger partial charge in [-0.05, 0) is 54.8 Å². The van der Waals surface area contributed by atoms with Gasteiger partial charge in [0.2, 0.25) is 21.8 Å². The molecule has 0 radical (unpaired) electrons. The molecule has 1 unspecified atom stereocenters. The number of halogens is 2. The van der Waals surface area contributed by atoms with Gasteiger partial charge in [0.1, 0.15) is 5.82 Å². The maximum atomic E-state index is 13.0. The van der Waals surface area contributed by atoms with E-state index in [2.05, 4.69) is 10.2 Å². The molecule has 0 aliphatic carbocycles. The lowest BCUT2D eigenvalue weighted by molar-refractivity contribution is 0.281. The average Bonchev–Trinajstić information content (AvgIpc) is 3.19. The van der Waals surface area contributed by atoms with E-state index in [1.807, 2.05) is 0 Å². The van der Waals surface area contributed by atoms with E-state index < -0.39 is 10.0 Å². The fourth-order valence-corrected chi connectivity index (χ4v) is 5.05. The summed E-state index contributed by atoms with van der Waals surface area (Å²) in [5.41, 5.74) is 0.859. The van der Waals surface area contributed by atoms with E-state index in [4.69, 9.17) is 16.0 Å². The molecule has 29 heavy (non-hydrogen) atoms. The van der Waals surface area contributed by atoms with Crippen LogP contribution in [-0.4, -0.2) is 36.0 Å². The SMILES string of the molecule is O=S(=O)(c1ccc(Cl)cc1)N1CCCC(c2nnc(Cc3ccc(F)cc3)o2)C1. The van der Waals surface area contributed by atoms with Gasteiger partial charge in [0.15, 0.2) is 0 Å². The Balaban J connectivity index is 1.48. The largest absolute Gasteiger partial charge is 0.425 e. The molecule has 0 amide bonds. The number of hydrogen-bond donors (Lipinski definition) is 0. The molecule has 0 saturated carbocycles. The van der Waals surface area contributed by atoms with Crippen molar-refractivity contribution in [3.63, 3.8) is 0 Å². The molecule has 3 aromatic rings. The summed E-state index contributed by atoms with van der Waals surface area (Å²) >= 11 is 5.86. The van der Waals surface area contributed by atoms with Gasteiger partial charge in [0, 0.05) is 18.1 Å². The molecule has 4 rings (SSSR count). The van der Waals surface area contributed by atoms with Gasteiger partial charge < -0.3 is 4.42 Å². The third kappa shape index (κ3) is 4.49. The number of sulfonamides is 1. The van der Waals surface area contributed by atoms with Gasteiger partial charge in [-0.3, -0.25) is 0 Å². The number of hydrogen-bond acceptors (Lipinski definition) is 5. The van der Waals surface area contributed by atoms with E-state index in [1.54, 1.807) is 24.3 Å². The average molecular weight is 436 g/mol. The van der Waals surface area contributed by atoms with Gasteiger partial charge in [-0.25, -0.2) is 12.8 Å². The number of piperidine rings is 1. The minimum Gasteiger partial charge on any atom is -0.425 e. The van der Waals surface area contributed by atoms with Crippen molar-refractivity contribution in [1.29, 1.82) is 0 Å². The Bertz CT molecular complexity index is 1080. The lowest BCUT2D eigenvalue weighted by atomic mass is 10.00. The van der Waals surface area contributed by atoms with Crippen molar-refractivity contribution < 1.29 is 17.2 Å². The number of aromatic nitrogens is 2. The molecule has 2 aromatic carbocycles. The van der Waals surface area contributed by atoms with Crippen LogP contribution in [0.5, 0.6) is 0 Å². The van der Waals surface area contributed by atoms with Crippen LogP contribution in [0, 0.1) is 5.82 Å². The predicted octanol–water partition coefficient (Wildman–Crippen LogP) is 4.02. The molecule has 1 aliphatic rings. The lowest BCUT2D eigenvalue weighted by Crippen LogP contribution is -2.39. The van der Waals surface area contributed by atoms with Crippen LogP contribution in [0.15, 0.2) is 57.8 Å². The van der Waals surface area contributed by atoms with E-state index in [1.165, 1.54) is 28.6 Å². The van der Waals surface area contributed by atoms with Crippen LogP contribution >= 0.6 is 11.6 Å². The summed E-state index contributed by atoms with van der Waals surface area (Å²) in [6, 6.07) is 12.2. The summed E-state index contributed by atoms with van der Waals surface area (Å²) in [4.78, 5) is 0.213. The molecular weight excluding hydrogens is 417 g/mol. The zero-order valence-electron chi connectivity index (χ0n) is 15.5. The van der Waals surface area contributed by atoms with Gasteiger partial charge in [-0.2, -0.15) is 4.31 Å². The Labute approximate surface area is 173 Å². The molecule has 1 fully saturated rings. The molecule has 1 aromatic heterocycles. The van der Waals surface area contributed by atoms with E-state index in [0.29, 0.717) is 36.2 Å². The standard InChI is InChI=1S/C20H19ClFN3O3S/c21-16-5-9-18(10-6-16)29(26,27)25-11-1-2-15(13-25)20-24-23-19(28-20)12-14-3-7-17(22)8-4-14/h3-10,15H,1-2,11-13H2. The number of benzene rings is 2. The fourth-order valence-electron chi connectivity index (χ4n) is 3.40. The maximum absolute atomic E-state index is 13.0.